The molecule has 0 N–H and O–H groups in total. The summed E-state index contributed by atoms with van der Waals surface area (Å²) in [5.41, 5.74) is 2.28. The third-order valence-corrected chi connectivity index (χ3v) is 2.19. The third kappa shape index (κ3) is 1.79. The van der Waals surface area contributed by atoms with Crippen LogP contribution in [0.25, 0.3) is 0 Å². The maximum Gasteiger partial charge on any atom is 0.0340 e. The first-order valence-corrected chi connectivity index (χ1v) is 4.52. The Labute approximate surface area is 83.7 Å². The van der Waals surface area contributed by atoms with Crippen molar-refractivity contribution in [2.75, 3.05) is 0 Å². The topological polar surface area (TPSA) is 25.8 Å². The summed E-state index contributed by atoms with van der Waals surface area (Å²) in [7, 11) is 0. The van der Waals surface area contributed by atoms with Crippen LogP contribution < -0.4 is 0 Å². The molecule has 0 spiro atoms. The Kier molecular flexibility index (Phi) is 2.54. The minimum atomic E-state index is 1.14. The van der Waals surface area contributed by atoms with E-state index in [9.17, 15) is 0 Å². The van der Waals surface area contributed by atoms with Gasteiger partial charge in [0.15, 0.2) is 0 Å². The fourth-order valence-electron chi connectivity index (χ4n) is 1.34. The van der Waals surface area contributed by atoms with Gasteiger partial charge in [0.25, 0.3) is 0 Å². The van der Waals surface area contributed by atoms with Crippen LogP contribution >= 0.6 is 0 Å². The van der Waals surface area contributed by atoms with Gasteiger partial charge in [-0.1, -0.05) is 19.1 Å². The summed E-state index contributed by atoms with van der Waals surface area (Å²) in [5.74, 6) is 1.20. The van der Waals surface area contributed by atoms with Gasteiger partial charge >= 0.3 is 0 Å². The smallest absolute Gasteiger partial charge is 0.0340 e. The van der Waals surface area contributed by atoms with Crippen molar-refractivity contribution in [3.05, 3.63) is 66.1 Å². The first-order chi connectivity index (χ1) is 6.88. The van der Waals surface area contributed by atoms with Crippen LogP contribution in [0.4, 0.5) is 0 Å². The average Bonchev–Trinajstić information content (AvgIpc) is 2.30. The summed E-state index contributed by atoms with van der Waals surface area (Å²) < 4.78 is 0. The molecule has 0 amide bonds. The molecule has 0 saturated heterocycles. The Morgan fingerprint density at radius 2 is 1.43 bits per heavy atom. The van der Waals surface area contributed by atoms with E-state index in [0.717, 1.165) is 11.1 Å². The van der Waals surface area contributed by atoms with Crippen molar-refractivity contribution in [1.29, 1.82) is 0 Å². The quantitative estimate of drug-likeness (QED) is 0.714. The highest BCUT2D eigenvalue weighted by Crippen LogP contribution is 2.20. The maximum atomic E-state index is 4.09. The second-order valence-corrected chi connectivity index (χ2v) is 3.11. The predicted molar refractivity (Wildman–Crippen MR) is 55.6 cm³/mol. The molecule has 69 valence electrons. The van der Waals surface area contributed by atoms with Crippen LogP contribution in [0.3, 0.4) is 0 Å². The lowest BCUT2D eigenvalue weighted by atomic mass is 9.96. The van der Waals surface area contributed by atoms with E-state index in [2.05, 4.69) is 29.0 Å². The van der Waals surface area contributed by atoms with Gasteiger partial charge in [-0.3, -0.25) is 9.97 Å². The van der Waals surface area contributed by atoms with E-state index in [0.29, 0.717) is 0 Å². The van der Waals surface area contributed by atoms with Crippen LogP contribution in [0.5, 0.6) is 0 Å². The molecule has 2 rings (SSSR count). The first kappa shape index (κ1) is 8.88. The van der Waals surface area contributed by atoms with Crippen molar-refractivity contribution in [2.45, 2.75) is 6.92 Å². The largest absolute Gasteiger partial charge is 0.264 e. The first-order valence-electron chi connectivity index (χ1n) is 4.52. The Bertz CT molecular complexity index is 344. The highest BCUT2D eigenvalue weighted by atomic mass is 14.6. The lowest BCUT2D eigenvalue weighted by molar-refractivity contribution is 1.13. The monoisotopic (exact) mass is 183 g/mol. The number of hydrogen-bond donors (Lipinski definition) is 0. The van der Waals surface area contributed by atoms with Gasteiger partial charge in [0.05, 0.1) is 0 Å². The molecule has 14 heavy (non-hydrogen) atoms. The van der Waals surface area contributed by atoms with E-state index in [1.54, 1.807) is 12.4 Å². The summed E-state index contributed by atoms with van der Waals surface area (Å²) in [6.07, 6.45) is 7.28. The van der Waals surface area contributed by atoms with E-state index < -0.39 is 0 Å². The van der Waals surface area contributed by atoms with Crippen LogP contribution in [0.1, 0.15) is 18.1 Å². The summed E-state index contributed by atoms with van der Waals surface area (Å²) >= 11 is 0. The van der Waals surface area contributed by atoms with Crippen molar-refractivity contribution in [1.82, 2.24) is 9.97 Å². The molecule has 0 saturated carbocycles. The highest BCUT2D eigenvalue weighted by molar-refractivity contribution is 5.41. The molecule has 2 aromatic heterocycles. The van der Waals surface area contributed by atoms with Crippen LogP contribution in [0.2, 0.25) is 0 Å². The Morgan fingerprint density at radius 1 is 0.929 bits per heavy atom. The zero-order chi connectivity index (χ0) is 9.80. The van der Waals surface area contributed by atoms with Gasteiger partial charge in [0, 0.05) is 30.7 Å². The van der Waals surface area contributed by atoms with Gasteiger partial charge in [-0.05, 0) is 23.3 Å². The molecule has 0 aliphatic heterocycles. The molecular formula is C12H11N2. The van der Waals surface area contributed by atoms with Gasteiger partial charge in [-0.2, -0.15) is 0 Å². The number of aromatic nitrogens is 2. The molecule has 2 aromatic rings. The molecule has 0 fully saturated rings. The standard InChI is InChI=1S/C12H11N2/c1-10(11-4-2-6-13-8-11)12-5-3-7-14-9-12/h2-9H,1H3. The molecule has 1 radical (unpaired) electrons. The molecule has 0 bridgehead atoms. The van der Waals surface area contributed by atoms with Crippen molar-refractivity contribution in [2.24, 2.45) is 0 Å². The van der Waals surface area contributed by atoms with Crippen LogP contribution in [0.15, 0.2) is 49.1 Å². The lowest BCUT2D eigenvalue weighted by Crippen LogP contribution is -1.97. The maximum absolute atomic E-state index is 4.09. The van der Waals surface area contributed by atoms with Gasteiger partial charge in [-0.25, -0.2) is 0 Å². The summed E-state index contributed by atoms with van der Waals surface area (Å²) in [4.78, 5) is 8.18. The van der Waals surface area contributed by atoms with Crippen molar-refractivity contribution in [3.8, 4) is 0 Å². The molecule has 0 unspecified atom stereocenters. The lowest BCUT2D eigenvalue weighted by Gasteiger charge is -2.09. The van der Waals surface area contributed by atoms with Crippen LogP contribution in [-0.4, -0.2) is 9.97 Å². The second kappa shape index (κ2) is 4.01. The van der Waals surface area contributed by atoms with E-state index in [-0.39, 0.29) is 0 Å². The second-order valence-electron chi connectivity index (χ2n) is 3.11. The fraction of sp³-hybridized carbons (Fsp3) is 0.0833. The molecule has 0 aliphatic carbocycles. The molecule has 0 aromatic carbocycles. The number of rotatable bonds is 2. The predicted octanol–water partition coefficient (Wildman–Crippen LogP) is 2.47. The van der Waals surface area contributed by atoms with E-state index in [4.69, 9.17) is 0 Å². The van der Waals surface area contributed by atoms with E-state index in [1.165, 1.54) is 5.92 Å². The third-order valence-electron chi connectivity index (χ3n) is 2.19. The Morgan fingerprint density at radius 3 is 1.79 bits per heavy atom. The van der Waals surface area contributed by atoms with Gasteiger partial charge in [0.2, 0.25) is 0 Å². The van der Waals surface area contributed by atoms with Gasteiger partial charge < -0.3 is 0 Å². The van der Waals surface area contributed by atoms with E-state index in [1.807, 2.05) is 24.5 Å². The zero-order valence-corrected chi connectivity index (χ0v) is 8.01. The molecular weight excluding hydrogens is 172 g/mol. The molecule has 2 heteroatoms. The molecule has 2 heterocycles. The number of nitrogens with zero attached hydrogens (tertiary/aromatic N) is 2. The van der Waals surface area contributed by atoms with Crippen molar-refractivity contribution >= 4 is 0 Å². The highest BCUT2D eigenvalue weighted by Gasteiger charge is 2.08. The van der Waals surface area contributed by atoms with Crippen molar-refractivity contribution < 1.29 is 0 Å². The molecule has 0 atom stereocenters. The fourth-order valence-corrected chi connectivity index (χ4v) is 1.34. The minimum absolute atomic E-state index is 1.14. The molecule has 2 nitrogen and oxygen atoms in total. The molecule has 0 aliphatic rings. The summed E-state index contributed by atoms with van der Waals surface area (Å²) in [6.45, 7) is 2.08. The Hall–Kier alpha value is -1.70. The van der Waals surface area contributed by atoms with Gasteiger partial charge in [-0.15, -0.1) is 0 Å². The SMILES string of the molecule is C[C](c1cccnc1)c1cccnc1. The van der Waals surface area contributed by atoms with Crippen LogP contribution in [-0.2, 0) is 0 Å². The zero-order valence-electron chi connectivity index (χ0n) is 8.01. The Balaban J connectivity index is 2.30. The summed E-state index contributed by atoms with van der Waals surface area (Å²) in [6, 6.07) is 7.98. The van der Waals surface area contributed by atoms with Gasteiger partial charge in [0.1, 0.15) is 0 Å². The summed E-state index contributed by atoms with van der Waals surface area (Å²) in [5, 5.41) is 0. The van der Waals surface area contributed by atoms with Crippen LogP contribution in [0, 0.1) is 5.92 Å². The normalized spacial score (nSPS) is 10.4. The number of hydrogen-bond acceptors (Lipinski definition) is 2. The van der Waals surface area contributed by atoms with E-state index >= 15 is 0 Å². The number of pyridine rings is 2. The average molecular weight is 183 g/mol. The van der Waals surface area contributed by atoms with Crippen molar-refractivity contribution in [3.63, 3.8) is 0 Å². The minimum Gasteiger partial charge on any atom is -0.264 e.